The first kappa shape index (κ1) is 19.6. The highest BCUT2D eigenvalue weighted by molar-refractivity contribution is 6.22. The Kier molecular flexibility index (Phi) is 5.20. The summed E-state index contributed by atoms with van der Waals surface area (Å²) in [4.78, 5) is 38.5. The van der Waals surface area contributed by atoms with Crippen LogP contribution in [0, 0.1) is 6.92 Å². The van der Waals surface area contributed by atoms with Crippen molar-refractivity contribution in [1.82, 2.24) is 10.6 Å². The van der Waals surface area contributed by atoms with E-state index in [1.165, 1.54) is 9.58 Å². The number of hydrogen-bond donors (Lipinski definition) is 2. The lowest BCUT2D eigenvalue weighted by Gasteiger charge is -2.15. The van der Waals surface area contributed by atoms with Gasteiger partial charge in [0.25, 0.3) is 5.91 Å². The number of rotatable bonds is 6. The molecule has 30 heavy (non-hydrogen) atoms. The third-order valence-corrected chi connectivity index (χ3v) is 5.02. The van der Waals surface area contributed by atoms with Gasteiger partial charge < -0.3 is 4.74 Å². The minimum absolute atomic E-state index is 0.0189. The first-order chi connectivity index (χ1) is 14.5. The summed E-state index contributed by atoms with van der Waals surface area (Å²) in [7, 11) is 1.57. The van der Waals surface area contributed by atoms with Gasteiger partial charge in [0, 0.05) is 12.1 Å². The molecule has 0 bridgehead atoms. The van der Waals surface area contributed by atoms with Crippen LogP contribution in [0.15, 0.2) is 57.8 Å². The third kappa shape index (κ3) is 3.62. The van der Waals surface area contributed by atoms with Crippen LogP contribution in [0.1, 0.15) is 17.7 Å². The topological polar surface area (TPSA) is 109 Å². The van der Waals surface area contributed by atoms with Gasteiger partial charge in [-0.05, 0) is 41.1 Å². The van der Waals surface area contributed by atoms with Crippen molar-refractivity contribution in [3.8, 4) is 11.4 Å². The zero-order valence-corrected chi connectivity index (χ0v) is 16.5. The maximum Gasteiger partial charge on any atom is 0.431 e. The van der Waals surface area contributed by atoms with E-state index < -0.39 is 11.7 Å². The first-order valence-electron chi connectivity index (χ1n) is 9.41. The molecule has 0 radical (unpaired) electrons. The van der Waals surface area contributed by atoms with E-state index in [2.05, 4.69) is 10.6 Å². The Morgan fingerprint density at radius 1 is 1.13 bits per heavy atom. The SMILES string of the molecule is COc1ccc(-[n+]2[nH]oc(=O)c2CNC2CC(=O)N(c3ccc(C)cc3)C2=O)cc1. The van der Waals surface area contributed by atoms with Crippen LogP contribution in [0.3, 0.4) is 0 Å². The fourth-order valence-corrected chi connectivity index (χ4v) is 3.36. The number of nitrogens with one attached hydrogen (secondary N) is 2. The molecule has 1 atom stereocenters. The number of carbonyl (C=O) groups excluding carboxylic acids is 2. The number of ether oxygens (including phenoxy) is 1. The van der Waals surface area contributed by atoms with Gasteiger partial charge in [-0.15, -0.1) is 0 Å². The molecule has 4 rings (SSSR count). The first-order valence-corrected chi connectivity index (χ1v) is 9.41. The predicted molar refractivity (Wildman–Crippen MR) is 106 cm³/mol. The Morgan fingerprint density at radius 3 is 2.50 bits per heavy atom. The molecule has 9 nitrogen and oxygen atoms in total. The van der Waals surface area contributed by atoms with E-state index in [1.807, 2.05) is 19.1 Å². The van der Waals surface area contributed by atoms with Gasteiger partial charge in [-0.2, -0.15) is 0 Å². The number of benzene rings is 2. The van der Waals surface area contributed by atoms with Crippen molar-refractivity contribution < 1.29 is 23.5 Å². The number of hydrogen-bond acceptors (Lipinski definition) is 6. The minimum Gasteiger partial charge on any atom is -0.497 e. The second-order valence-electron chi connectivity index (χ2n) is 7.00. The van der Waals surface area contributed by atoms with Crippen LogP contribution in [-0.2, 0) is 16.1 Å². The van der Waals surface area contributed by atoms with Crippen molar-refractivity contribution in [3.05, 3.63) is 70.2 Å². The molecular weight excluding hydrogens is 388 g/mol. The number of carbonyl (C=O) groups is 2. The van der Waals surface area contributed by atoms with Crippen LogP contribution in [-0.4, -0.2) is 30.2 Å². The molecule has 0 spiro atoms. The molecule has 1 aromatic heterocycles. The average molecular weight is 409 g/mol. The molecule has 2 heterocycles. The Labute approximate surface area is 171 Å². The lowest BCUT2D eigenvalue weighted by Crippen LogP contribution is -2.44. The standard InChI is InChI=1S/C21H20N4O5/c1-13-3-5-14(6-4-13)24-19(26)11-17(20(24)27)22-12-18-21(28)30-23-25(18)15-7-9-16(29-2)10-8-15/h3-10,17,22H,11-12H2,1-2H3/p+1. The average Bonchev–Trinajstić information content (AvgIpc) is 3.26. The van der Waals surface area contributed by atoms with Gasteiger partial charge >= 0.3 is 11.3 Å². The lowest BCUT2D eigenvalue weighted by atomic mass is 10.2. The molecule has 0 aliphatic carbocycles. The number of imide groups is 1. The molecule has 2 amide bonds. The zero-order chi connectivity index (χ0) is 21.3. The molecule has 0 saturated carbocycles. The van der Waals surface area contributed by atoms with E-state index in [4.69, 9.17) is 9.26 Å². The smallest absolute Gasteiger partial charge is 0.431 e. The number of aryl methyl sites for hydroxylation is 1. The number of H-pyrrole nitrogens is 1. The highest BCUT2D eigenvalue weighted by atomic mass is 16.5. The lowest BCUT2D eigenvalue weighted by molar-refractivity contribution is -0.677. The van der Waals surface area contributed by atoms with Gasteiger partial charge in [0.2, 0.25) is 11.6 Å². The van der Waals surface area contributed by atoms with Crippen molar-refractivity contribution in [1.29, 1.82) is 0 Å². The summed E-state index contributed by atoms with van der Waals surface area (Å²) in [6.45, 7) is 1.98. The molecule has 2 N–H and O–H groups in total. The Morgan fingerprint density at radius 2 is 1.83 bits per heavy atom. The quantitative estimate of drug-likeness (QED) is 0.464. The molecule has 3 aromatic rings. The maximum atomic E-state index is 12.8. The highest BCUT2D eigenvalue weighted by Gasteiger charge is 2.40. The van der Waals surface area contributed by atoms with Gasteiger partial charge in [-0.1, -0.05) is 17.7 Å². The summed E-state index contributed by atoms with van der Waals surface area (Å²) < 4.78 is 11.5. The maximum absolute atomic E-state index is 12.8. The molecule has 1 fully saturated rings. The van der Waals surface area contributed by atoms with Crippen molar-refractivity contribution in [2.45, 2.75) is 25.9 Å². The molecule has 154 valence electrons. The van der Waals surface area contributed by atoms with E-state index in [1.54, 1.807) is 43.5 Å². The largest absolute Gasteiger partial charge is 0.497 e. The Hall–Kier alpha value is -3.72. The fourth-order valence-electron chi connectivity index (χ4n) is 3.36. The van der Waals surface area contributed by atoms with E-state index in [9.17, 15) is 14.4 Å². The van der Waals surface area contributed by atoms with Crippen LogP contribution < -0.4 is 25.3 Å². The summed E-state index contributed by atoms with van der Waals surface area (Å²) in [5.41, 5.74) is 1.94. The van der Waals surface area contributed by atoms with Gasteiger partial charge in [-0.3, -0.25) is 19.4 Å². The number of nitrogens with zero attached hydrogens (tertiary/aromatic N) is 2. The summed E-state index contributed by atoms with van der Waals surface area (Å²) >= 11 is 0. The van der Waals surface area contributed by atoms with Crippen LogP contribution in [0.4, 0.5) is 5.69 Å². The monoisotopic (exact) mass is 409 g/mol. The van der Waals surface area contributed by atoms with Gasteiger partial charge in [0.05, 0.1) is 31.8 Å². The minimum atomic E-state index is -0.725. The molecule has 1 aliphatic heterocycles. The summed E-state index contributed by atoms with van der Waals surface area (Å²) in [6.07, 6.45) is 0.0189. The predicted octanol–water partition coefficient (Wildman–Crippen LogP) is 0.983. The molecule has 1 saturated heterocycles. The fraction of sp³-hybridized carbons (Fsp3) is 0.238. The van der Waals surface area contributed by atoms with Gasteiger partial charge in [0.1, 0.15) is 5.75 Å². The van der Waals surface area contributed by atoms with E-state index in [-0.39, 0.29) is 30.5 Å². The summed E-state index contributed by atoms with van der Waals surface area (Å²) in [5, 5.41) is 5.56. The van der Waals surface area contributed by atoms with Gasteiger partial charge in [-0.25, -0.2) is 9.69 Å². The highest BCUT2D eigenvalue weighted by Crippen LogP contribution is 2.23. The Balaban J connectivity index is 1.51. The molecule has 1 unspecified atom stereocenters. The number of amides is 2. The molecular formula is C21H21N4O5+. The van der Waals surface area contributed by atoms with Gasteiger partial charge in [0.15, 0.2) is 0 Å². The molecule has 1 aliphatic rings. The van der Waals surface area contributed by atoms with E-state index >= 15 is 0 Å². The summed E-state index contributed by atoms with van der Waals surface area (Å²) in [5.74, 6) is 0.0430. The van der Waals surface area contributed by atoms with Crippen molar-refractivity contribution in [3.63, 3.8) is 0 Å². The molecule has 9 heteroatoms. The van der Waals surface area contributed by atoms with Crippen molar-refractivity contribution >= 4 is 17.5 Å². The zero-order valence-electron chi connectivity index (χ0n) is 16.5. The van der Waals surface area contributed by atoms with Crippen LogP contribution >= 0.6 is 0 Å². The van der Waals surface area contributed by atoms with Crippen molar-refractivity contribution in [2.75, 3.05) is 12.0 Å². The van der Waals surface area contributed by atoms with Crippen molar-refractivity contribution in [2.24, 2.45) is 0 Å². The van der Waals surface area contributed by atoms with Crippen LogP contribution in [0.5, 0.6) is 5.75 Å². The molecule has 2 aromatic carbocycles. The van der Waals surface area contributed by atoms with Crippen LogP contribution in [0.25, 0.3) is 5.69 Å². The normalized spacial score (nSPS) is 16.3. The number of methoxy groups -OCH3 is 1. The number of aromatic nitrogens is 2. The van der Waals surface area contributed by atoms with E-state index in [0.29, 0.717) is 17.1 Å². The number of aromatic amines is 1. The Bertz CT molecular complexity index is 1130. The van der Waals surface area contributed by atoms with E-state index in [0.717, 1.165) is 5.56 Å². The van der Waals surface area contributed by atoms with Crippen LogP contribution in [0.2, 0.25) is 0 Å². The number of anilines is 1. The second kappa shape index (κ2) is 7.96. The second-order valence-corrected chi connectivity index (χ2v) is 7.00. The third-order valence-electron chi connectivity index (χ3n) is 5.02. The summed E-state index contributed by atoms with van der Waals surface area (Å²) in [6, 6.07) is 13.5.